The number of aromatic nitrogens is 1. The smallest absolute Gasteiger partial charge is 0.335 e. The maximum atomic E-state index is 13.2. The van der Waals surface area contributed by atoms with Gasteiger partial charge < -0.3 is 24.8 Å². The minimum atomic E-state index is -1.25. The van der Waals surface area contributed by atoms with Crippen molar-refractivity contribution < 1.29 is 24.5 Å². The molecular formula is C22H22Cl2N2O5. The van der Waals surface area contributed by atoms with Crippen molar-refractivity contribution in [2.75, 3.05) is 13.7 Å². The lowest BCUT2D eigenvalue weighted by molar-refractivity contribution is 0.0695. The first-order valence-electron chi connectivity index (χ1n) is 9.33. The molecule has 0 aliphatic heterocycles. The van der Waals surface area contributed by atoms with Gasteiger partial charge in [0.1, 0.15) is 11.4 Å². The predicted molar refractivity (Wildman–Crippen MR) is 120 cm³/mol. The largest absolute Gasteiger partial charge is 0.496 e. The zero-order valence-electron chi connectivity index (χ0n) is 17.4. The molecule has 1 heterocycles. The molecule has 2 aromatic carbocycles. The molecule has 31 heavy (non-hydrogen) atoms. The predicted octanol–water partition coefficient (Wildman–Crippen LogP) is 4.14. The van der Waals surface area contributed by atoms with Crippen LogP contribution in [0.3, 0.4) is 0 Å². The quantitative estimate of drug-likeness (QED) is 0.508. The van der Waals surface area contributed by atoms with Crippen LogP contribution in [0.25, 0.3) is 10.9 Å². The van der Waals surface area contributed by atoms with Crippen LogP contribution in [0, 0.1) is 6.92 Å². The van der Waals surface area contributed by atoms with Gasteiger partial charge in [-0.05, 0) is 37.6 Å². The van der Waals surface area contributed by atoms with E-state index in [1.54, 1.807) is 37.8 Å². The number of halogens is 2. The summed E-state index contributed by atoms with van der Waals surface area (Å²) in [6.45, 7) is 2.98. The molecule has 3 aromatic rings. The van der Waals surface area contributed by atoms with E-state index in [2.05, 4.69) is 5.32 Å². The van der Waals surface area contributed by atoms with Gasteiger partial charge >= 0.3 is 5.97 Å². The number of nitrogens with one attached hydrogen (secondary N) is 1. The van der Waals surface area contributed by atoms with Gasteiger partial charge in [-0.1, -0.05) is 29.3 Å². The van der Waals surface area contributed by atoms with Gasteiger partial charge in [0.25, 0.3) is 5.91 Å². The number of hydrogen-bond acceptors (Lipinski definition) is 4. The van der Waals surface area contributed by atoms with Crippen LogP contribution in [-0.4, -0.2) is 40.4 Å². The molecule has 0 aliphatic rings. The fourth-order valence-corrected chi connectivity index (χ4v) is 4.18. The molecule has 0 spiro atoms. The van der Waals surface area contributed by atoms with Crippen molar-refractivity contribution in [2.24, 2.45) is 7.05 Å². The highest BCUT2D eigenvalue weighted by Crippen LogP contribution is 2.36. The first-order chi connectivity index (χ1) is 14.5. The van der Waals surface area contributed by atoms with E-state index < -0.39 is 24.0 Å². The Balaban J connectivity index is 2.03. The van der Waals surface area contributed by atoms with E-state index in [1.165, 1.54) is 18.2 Å². The fourth-order valence-electron chi connectivity index (χ4n) is 3.54. The molecule has 0 fully saturated rings. The summed E-state index contributed by atoms with van der Waals surface area (Å²) in [5, 5.41) is 23.3. The zero-order chi connectivity index (χ0) is 23.1. The molecule has 0 saturated heterocycles. The molecule has 3 rings (SSSR count). The number of carboxylic acids is 1. The average Bonchev–Trinajstić information content (AvgIpc) is 3.06. The van der Waals surface area contributed by atoms with Crippen molar-refractivity contribution >= 4 is 46.0 Å². The molecule has 0 bridgehead atoms. The van der Waals surface area contributed by atoms with Gasteiger partial charge in [0.15, 0.2) is 0 Å². The molecule has 1 unspecified atom stereocenters. The number of ether oxygens (including phenoxy) is 1. The number of benzene rings is 2. The van der Waals surface area contributed by atoms with Crippen LogP contribution in [0.4, 0.5) is 0 Å². The number of aryl methyl sites for hydroxylation is 1. The average molecular weight is 465 g/mol. The summed E-state index contributed by atoms with van der Waals surface area (Å²) in [7, 11) is 3.28. The van der Waals surface area contributed by atoms with Crippen molar-refractivity contribution in [2.45, 2.75) is 19.4 Å². The maximum absolute atomic E-state index is 13.2. The lowest BCUT2D eigenvalue weighted by atomic mass is 9.91. The van der Waals surface area contributed by atoms with Gasteiger partial charge in [0, 0.05) is 29.1 Å². The molecule has 164 valence electrons. The number of aliphatic hydroxyl groups is 1. The van der Waals surface area contributed by atoms with E-state index in [-0.39, 0.29) is 10.6 Å². The van der Waals surface area contributed by atoms with Crippen LogP contribution in [0.1, 0.15) is 38.9 Å². The third kappa shape index (κ3) is 3.96. The van der Waals surface area contributed by atoms with E-state index in [0.29, 0.717) is 32.9 Å². The van der Waals surface area contributed by atoms with Crippen molar-refractivity contribution in [1.82, 2.24) is 9.88 Å². The molecule has 1 amide bonds. The van der Waals surface area contributed by atoms with Gasteiger partial charge in [-0.3, -0.25) is 4.79 Å². The number of amides is 1. The van der Waals surface area contributed by atoms with Gasteiger partial charge in [-0.25, -0.2) is 4.79 Å². The number of carbonyl (C=O) groups is 2. The van der Waals surface area contributed by atoms with Crippen molar-refractivity contribution in [3.8, 4) is 5.75 Å². The highest BCUT2D eigenvalue weighted by atomic mass is 35.5. The fraction of sp³-hybridized carbons (Fsp3) is 0.273. The van der Waals surface area contributed by atoms with Gasteiger partial charge in [0.2, 0.25) is 0 Å². The molecule has 0 saturated carbocycles. The molecule has 3 N–H and O–H groups in total. The molecule has 0 aliphatic carbocycles. The van der Waals surface area contributed by atoms with Crippen LogP contribution in [-0.2, 0) is 12.6 Å². The molecule has 0 radical (unpaired) electrons. The highest BCUT2D eigenvalue weighted by Gasteiger charge is 2.32. The number of rotatable bonds is 6. The Hall–Kier alpha value is -2.74. The van der Waals surface area contributed by atoms with Crippen LogP contribution in [0.15, 0.2) is 30.3 Å². The Morgan fingerprint density at radius 2 is 1.90 bits per heavy atom. The van der Waals surface area contributed by atoms with Crippen molar-refractivity contribution in [3.63, 3.8) is 0 Å². The summed E-state index contributed by atoms with van der Waals surface area (Å²) < 4.78 is 7.05. The third-order valence-electron chi connectivity index (χ3n) is 5.45. The first kappa shape index (κ1) is 22.9. The van der Waals surface area contributed by atoms with Crippen molar-refractivity contribution in [3.05, 3.63) is 62.8 Å². The Bertz CT molecular complexity index is 1200. The monoisotopic (exact) mass is 464 g/mol. The summed E-state index contributed by atoms with van der Waals surface area (Å²) in [6, 6.07) is 7.61. The standard InChI is InChI=1S/C22H22Cl2N2O5/c1-11-18(31-4)9-16-13(19(11)24)8-17(26(16)3)20(28)25-22(2,10-27)14-6-5-12(21(29)30)7-15(14)23/h5-9,27H,10H2,1-4H3,(H,25,28)(H,29,30). The number of carbonyl (C=O) groups excluding carboxylic acids is 1. The number of nitrogens with zero attached hydrogens (tertiary/aromatic N) is 1. The second-order valence-corrected chi connectivity index (χ2v) is 8.27. The lowest BCUT2D eigenvalue weighted by Crippen LogP contribution is -2.47. The van der Waals surface area contributed by atoms with E-state index in [9.17, 15) is 14.7 Å². The summed E-state index contributed by atoms with van der Waals surface area (Å²) in [4.78, 5) is 24.3. The van der Waals surface area contributed by atoms with Gasteiger partial charge in [0.05, 0.1) is 35.4 Å². The topological polar surface area (TPSA) is 101 Å². The first-order valence-corrected chi connectivity index (χ1v) is 10.1. The number of aromatic carboxylic acids is 1. The maximum Gasteiger partial charge on any atom is 0.335 e. The van der Waals surface area contributed by atoms with E-state index in [1.807, 2.05) is 6.92 Å². The van der Waals surface area contributed by atoms with Gasteiger partial charge in [-0.15, -0.1) is 0 Å². The minimum Gasteiger partial charge on any atom is -0.496 e. The normalized spacial score (nSPS) is 13.1. The summed E-state index contributed by atoms with van der Waals surface area (Å²) in [6.07, 6.45) is 0. The van der Waals surface area contributed by atoms with Crippen LogP contribution in [0.2, 0.25) is 10.0 Å². The number of carboxylic acid groups (broad SMARTS) is 1. The van der Waals surface area contributed by atoms with Crippen molar-refractivity contribution in [1.29, 1.82) is 0 Å². The van der Waals surface area contributed by atoms with E-state index >= 15 is 0 Å². The second kappa shape index (κ2) is 8.42. The van der Waals surface area contributed by atoms with Crippen LogP contribution in [0.5, 0.6) is 5.75 Å². The molecule has 1 atom stereocenters. The second-order valence-electron chi connectivity index (χ2n) is 7.48. The molecule has 1 aromatic heterocycles. The number of fused-ring (bicyclic) bond motifs is 1. The van der Waals surface area contributed by atoms with Gasteiger partial charge in [-0.2, -0.15) is 0 Å². The number of hydrogen-bond donors (Lipinski definition) is 3. The van der Waals surface area contributed by atoms with Crippen LogP contribution >= 0.6 is 23.2 Å². The summed E-state index contributed by atoms with van der Waals surface area (Å²) in [5.41, 5.74) is 0.950. The Morgan fingerprint density at radius 3 is 2.45 bits per heavy atom. The Kier molecular flexibility index (Phi) is 6.23. The lowest BCUT2D eigenvalue weighted by Gasteiger charge is -2.30. The number of aliphatic hydroxyl groups excluding tert-OH is 1. The molecular weight excluding hydrogens is 443 g/mol. The number of methoxy groups -OCH3 is 1. The van der Waals surface area contributed by atoms with E-state index in [4.69, 9.17) is 33.0 Å². The molecule has 7 nitrogen and oxygen atoms in total. The van der Waals surface area contributed by atoms with E-state index in [0.717, 1.165) is 5.56 Å². The highest BCUT2D eigenvalue weighted by molar-refractivity contribution is 6.36. The summed E-state index contributed by atoms with van der Waals surface area (Å²) in [5.74, 6) is -0.973. The SMILES string of the molecule is COc1cc2c(cc(C(=O)NC(C)(CO)c3ccc(C(=O)O)cc3Cl)n2C)c(Cl)c1C. The minimum absolute atomic E-state index is 0.00742. The third-order valence-corrected chi connectivity index (χ3v) is 6.25. The summed E-state index contributed by atoms with van der Waals surface area (Å²) >= 11 is 12.8. The van der Waals surface area contributed by atoms with Crippen LogP contribution < -0.4 is 10.1 Å². The Morgan fingerprint density at radius 1 is 1.23 bits per heavy atom. The Labute approximate surface area is 189 Å². The zero-order valence-corrected chi connectivity index (χ0v) is 18.9. The molecule has 9 heteroatoms.